The minimum atomic E-state index is -0.283. The van der Waals surface area contributed by atoms with Crippen molar-refractivity contribution in [1.82, 2.24) is 5.43 Å². The van der Waals surface area contributed by atoms with Crippen LogP contribution in [0.4, 0.5) is 5.69 Å². The van der Waals surface area contributed by atoms with Gasteiger partial charge in [-0.2, -0.15) is 5.10 Å². The maximum absolute atomic E-state index is 12.4. The first-order valence-corrected chi connectivity index (χ1v) is 11.0. The summed E-state index contributed by atoms with van der Waals surface area (Å²) in [6.07, 6.45) is 0. The van der Waals surface area contributed by atoms with E-state index in [9.17, 15) is 9.59 Å². The van der Waals surface area contributed by atoms with Crippen molar-refractivity contribution in [3.05, 3.63) is 94.5 Å². The third-order valence-corrected chi connectivity index (χ3v) is 5.70. The Bertz CT molecular complexity index is 1100. The van der Waals surface area contributed by atoms with Gasteiger partial charge in [-0.15, -0.1) is 11.8 Å². The van der Waals surface area contributed by atoms with Crippen molar-refractivity contribution >= 4 is 46.6 Å². The Hall–Kier alpha value is -3.09. The summed E-state index contributed by atoms with van der Waals surface area (Å²) in [4.78, 5) is 24.8. The number of nitrogens with zero attached hydrogens (tertiary/aromatic N) is 1. The van der Waals surface area contributed by atoms with E-state index in [1.807, 2.05) is 48.5 Å². The van der Waals surface area contributed by atoms with Gasteiger partial charge in [0.05, 0.1) is 5.71 Å². The number of rotatable bonds is 7. The minimum absolute atomic E-state index is 0.143. The van der Waals surface area contributed by atoms with Gasteiger partial charge >= 0.3 is 0 Å². The Kier molecular flexibility index (Phi) is 7.87. The molecule has 0 aromatic heterocycles. The Labute approximate surface area is 190 Å². The summed E-state index contributed by atoms with van der Waals surface area (Å²) in [6.45, 7) is 3.25. The van der Waals surface area contributed by atoms with Gasteiger partial charge in [0.25, 0.3) is 5.91 Å². The molecule has 0 aliphatic rings. The molecule has 2 N–H and O–H groups in total. The van der Waals surface area contributed by atoms with E-state index in [4.69, 9.17) is 11.6 Å². The van der Waals surface area contributed by atoms with Gasteiger partial charge in [0.2, 0.25) is 5.91 Å². The van der Waals surface area contributed by atoms with Gasteiger partial charge in [0.1, 0.15) is 0 Å². The van der Waals surface area contributed by atoms with Crippen molar-refractivity contribution in [1.29, 1.82) is 0 Å². The van der Waals surface area contributed by atoms with E-state index < -0.39 is 0 Å². The van der Waals surface area contributed by atoms with Gasteiger partial charge < -0.3 is 5.32 Å². The lowest BCUT2D eigenvalue weighted by atomic mass is 10.1. The predicted molar refractivity (Wildman–Crippen MR) is 128 cm³/mol. The molecule has 0 heterocycles. The van der Waals surface area contributed by atoms with E-state index in [1.165, 1.54) is 6.92 Å². The van der Waals surface area contributed by atoms with E-state index in [1.54, 1.807) is 43.0 Å². The van der Waals surface area contributed by atoms with Crippen LogP contribution < -0.4 is 10.7 Å². The van der Waals surface area contributed by atoms with Gasteiger partial charge in [-0.3, -0.25) is 9.59 Å². The standard InChI is InChI=1S/C24H22ClN3O2S/c1-16(20-4-3-5-22(14-20)26-17(2)29)27-28-24(30)19-8-6-18(7-9-19)15-31-23-12-10-21(25)11-13-23/h3-14H,15H2,1-2H3,(H,26,29)(H,28,30)/b27-16-. The molecule has 0 saturated carbocycles. The normalized spacial score (nSPS) is 11.1. The van der Waals surface area contributed by atoms with Gasteiger partial charge in [0, 0.05) is 33.8 Å². The molecule has 0 aliphatic heterocycles. The van der Waals surface area contributed by atoms with E-state index in [0.29, 0.717) is 17.0 Å². The zero-order valence-corrected chi connectivity index (χ0v) is 18.8. The molecule has 0 atom stereocenters. The zero-order valence-electron chi connectivity index (χ0n) is 17.2. The molecule has 0 radical (unpaired) electrons. The number of carbonyl (C=O) groups is 2. The van der Waals surface area contributed by atoms with Gasteiger partial charge in [-0.05, 0) is 66.6 Å². The fourth-order valence-corrected chi connectivity index (χ4v) is 3.72. The van der Waals surface area contributed by atoms with Crippen molar-refractivity contribution in [2.24, 2.45) is 5.10 Å². The Balaban J connectivity index is 1.57. The highest BCUT2D eigenvalue weighted by atomic mass is 35.5. The third-order valence-electron chi connectivity index (χ3n) is 4.36. The van der Waals surface area contributed by atoms with Crippen LogP contribution >= 0.6 is 23.4 Å². The number of anilines is 1. The lowest BCUT2D eigenvalue weighted by Crippen LogP contribution is -2.19. The molecule has 0 fully saturated rings. The van der Waals surface area contributed by atoms with Crippen LogP contribution in [0.5, 0.6) is 0 Å². The molecule has 0 aliphatic carbocycles. The highest BCUT2D eigenvalue weighted by Gasteiger charge is 2.06. The number of halogens is 1. The molecule has 5 nitrogen and oxygen atoms in total. The number of carbonyl (C=O) groups excluding carboxylic acids is 2. The monoisotopic (exact) mass is 451 g/mol. The quantitative estimate of drug-likeness (QED) is 0.273. The maximum Gasteiger partial charge on any atom is 0.271 e. The highest BCUT2D eigenvalue weighted by molar-refractivity contribution is 7.98. The van der Waals surface area contributed by atoms with E-state index in [-0.39, 0.29) is 11.8 Å². The van der Waals surface area contributed by atoms with Crippen molar-refractivity contribution in [3.63, 3.8) is 0 Å². The van der Waals surface area contributed by atoms with Crippen LogP contribution in [-0.2, 0) is 10.5 Å². The number of nitrogens with one attached hydrogen (secondary N) is 2. The molecule has 7 heteroatoms. The van der Waals surface area contributed by atoms with Crippen LogP contribution in [0.1, 0.15) is 35.3 Å². The number of amides is 2. The van der Waals surface area contributed by atoms with E-state index in [2.05, 4.69) is 15.8 Å². The van der Waals surface area contributed by atoms with Gasteiger partial charge in [0.15, 0.2) is 0 Å². The predicted octanol–water partition coefficient (Wildman–Crippen LogP) is 5.74. The van der Waals surface area contributed by atoms with Crippen LogP contribution in [0, 0.1) is 0 Å². The van der Waals surface area contributed by atoms with Gasteiger partial charge in [-0.1, -0.05) is 35.9 Å². The number of thioether (sulfide) groups is 1. The first-order chi connectivity index (χ1) is 14.9. The molecule has 2 amide bonds. The average Bonchev–Trinajstić information content (AvgIpc) is 2.77. The summed E-state index contributed by atoms with van der Waals surface area (Å²) in [5.41, 5.74) is 6.35. The van der Waals surface area contributed by atoms with Gasteiger partial charge in [-0.25, -0.2) is 5.43 Å². The summed E-state index contributed by atoms with van der Waals surface area (Å²) in [6, 6.07) is 22.4. The average molecular weight is 452 g/mol. The van der Waals surface area contributed by atoms with Crippen LogP contribution in [0.3, 0.4) is 0 Å². The zero-order chi connectivity index (χ0) is 22.2. The molecule has 3 aromatic carbocycles. The third kappa shape index (κ3) is 6.98. The molecule has 158 valence electrons. The summed E-state index contributed by atoms with van der Waals surface area (Å²) >= 11 is 7.62. The lowest BCUT2D eigenvalue weighted by molar-refractivity contribution is -0.114. The number of hydrogen-bond donors (Lipinski definition) is 2. The number of hydrogen-bond acceptors (Lipinski definition) is 4. The fourth-order valence-electron chi connectivity index (χ4n) is 2.74. The smallest absolute Gasteiger partial charge is 0.271 e. The van der Waals surface area contributed by atoms with E-state index in [0.717, 1.165) is 26.8 Å². The second-order valence-electron chi connectivity index (χ2n) is 6.84. The Morgan fingerprint density at radius 1 is 0.935 bits per heavy atom. The fraction of sp³-hybridized carbons (Fsp3) is 0.125. The minimum Gasteiger partial charge on any atom is -0.326 e. The first-order valence-electron chi connectivity index (χ1n) is 9.60. The maximum atomic E-state index is 12.4. The molecular formula is C24H22ClN3O2S. The highest BCUT2D eigenvalue weighted by Crippen LogP contribution is 2.24. The summed E-state index contributed by atoms with van der Waals surface area (Å²) in [5.74, 6) is 0.371. The molecule has 0 saturated heterocycles. The van der Waals surface area contributed by atoms with Crippen molar-refractivity contribution in [2.45, 2.75) is 24.5 Å². The number of benzene rings is 3. The summed E-state index contributed by atoms with van der Waals surface area (Å²) < 4.78 is 0. The van der Waals surface area contributed by atoms with Crippen molar-refractivity contribution in [3.8, 4) is 0 Å². The number of hydrazone groups is 1. The molecule has 0 spiro atoms. The molecular weight excluding hydrogens is 430 g/mol. The SMILES string of the molecule is CC(=O)Nc1cccc(/C(C)=N\NC(=O)c2ccc(CSc3ccc(Cl)cc3)cc2)c1. The summed E-state index contributed by atoms with van der Waals surface area (Å²) in [7, 11) is 0. The van der Waals surface area contributed by atoms with Crippen LogP contribution in [-0.4, -0.2) is 17.5 Å². The Morgan fingerprint density at radius 2 is 1.65 bits per heavy atom. The molecule has 0 bridgehead atoms. The molecule has 31 heavy (non-hydrogen) atoms. The summed E-state index contributed by atoms with van der Waals surface area (Å²) in [5, 5.41) is 7.64. The Morgan fingerprint density at radius 3 is 2.32 bits per heavy atom. The van der Waals surface area contributed by atoms with Crippen LogP contribution in [0.2, 0.25) is 5.02 Å². The topological polar surface area (TPSA) is 70.6 Å². The van der Waals surface area contributed by atoms with Crippen molar-refractivity contribution < 1.29 is 9.59 Å². The lowest BCUT2D eigenvalue weighted by Gasteiger charge is -2.07. The molecule has 3 rings (SSSR count). The van der Waals surface area contributed by atoms with E-state index >= 15 is 0 Å². The molecule has 0 unspecified atom stereocenters. The second kappa shape index (κ2) is 10.8. The second-order valence-corrected chi connectivity index (χ2v) is 8.32. The van der Waals surface area contributed by atoms with Crippen LogP contribution in [0.25, 0.3) is 0 Å². The van der Waals surface area contributed by atoms with Crippen LogP contribution in [0.15, 0.2) is 82.8 Å². The van der Waals surface area contributed by atoms with Crippen molar-refractivity contribution in [2.75, 3.05) is 5.32 Å². The first kappa shape index (κ1) is 22.6. The molecule has 3 aromatic rings. The largest absolute Gasteiger partial charge is 0.326 e.